The predicted molar refractivity (Wildman–Crippen MR) is 74.1 cm³/mol. The standard InChI is InChI=1S/C14H9BrO3/c1-7-4-9(16)6-11-13(17)10-3-2-8(15)5-12(10)18-14(7)11/h2-6,16H,1H3. The van der Waals surface area contributed by atoms with Gasteiger partial charge in [-0.25, -0.2) is 0 Å². The van der Waals surface area contributed by atoms with Crippen molar-refractivity contribution in [1.29, 1.82) is 0 Å². The number of benzene rings is 2. The van der Waals surface area contributed by atoms with Crippen molar-refractivity contribution < 1.29 is 9.52 Å². The van der Waals surface area contributed by atoms with E-state index < -0.39 is 0 Å². The first-order chi connectivity index (χ1) is 8.56. The number of halogens is 1. The number of aryl methyl sites for hydroxylation is 1. The van der Waals surface area contributed by atoms with Crippen molar-refractivity contribution in [3.05, 3.63) is 50.6 Å². The van der Waals surface area contributed by atoms with Crippen molar-refractivity contribution in [3.63, 3.8) is 0 Å². The maximum atomic E-state index is 12.3. The van der Waals surface area contributed by atoms with E-state index in [-0.39, 0.29) is 11.2 Å². The van der Waals surface area contributed by atoms with E-state index in [1.165, 1.54) is 6.07 Å². The number of aromatic hydroxyl groups is 1. The first-order valence-corrected chi connectivity index (χ1v) is 6.21. The molecule has 0 aliphatic heterocycles. The largest absolute Gasteiger partial charge is 0.508 e. The van der Waals surface area contributed by atoms with E-state index >= 15 is 0 Å². The number of fused-ring (bicyclic) bond motifs is 2. The van der Waals surface area contributed by atoms with Gasteiger partial charge in [0.2, 0.25) is 5.43 Å². The molecule has 0 unspecified atom stereocenters. The van der Waals surface area contributed by atoms with Gasteiger partial charge in [-0.2, -0.15) is 0 Å². The second-order valence-electron chi connectivity index (χ2n) is 4.21. The molecule has 3 aromatic rings. The Morgan fingerprint density at radius 1 is 1.17 bits per heavy atom. The van der Waals surface area contributed by atoms with E-state index in [1.807, 2.05) is 0 Å². The van der Waals surface area contributed by atoms with E-state index in [0.29, 0.717) is 21.9 Å². The fourth-order valence-electron chi connectivity index (χ4n) is 2.08. The third-order valence-corrected chi connectivity index (χ3v) is 3.40. The number of rotatable bonds is 0. The summed E-state index contributed by atoms with van der Waals surface area (Å²) in [5.41, 5.74) is 1.67. The Kier molecular flexibility index (Phi) is 2.41. The SMILES string of the molecule is Cc1cc(O)cc2c(=O)c3ccc(Br)cc3oc12. The van der Waals surface area contributed by atoms with E-state index in [9.17, 15) is 9.90 Å². The van der Waals surface area contributed by atoms with Crippen LogP contribution in [-0.2, 0) is 0 Å². The van der Waals surface area contributed by atoms with Gasteiger partial charge in [0.1, 0.15) is 16.9 Å². The molecule has 0 saturated carbocycles. The Balaban J connectivity index is 2.61. The molecular weight excluding hydrogens is 296 g/mol. The molecule has 1 N–H and O–H groups in total. The molecule has 0 radical (unpaired) electrons. The lowest BCUT2D eigenvalue weighted by atomic mass is 10.1. The van der Waals surface area contributed by atoms with Crippen LogP contribution in [0.2, 0.25) is 0 Å². The quantitative estimate of drug-likeness (QED) is 0.644. The molecule has 0 amide bonds. The van der Waals surface area contributed by atoms with Gasteiger partial charge < -0.3 is 9.52 Å². The van der Waals surface area contributed by atoms with E-state index in [4.69, 9.17) is 4.42 Å². The first kappa shape index (κ1) is 11.3. The Hall–Kier alpha value is -1.81. The van der Waals surface area contributed by atoms with Crippen molar-refractivity contribution in [2.24, 2.45) is 0 Å². The average molecular weight is 305 g/mol. The number of phenols is 1. The molecule has 90 valence electrons. The molecule has 1 heterocycles. The second-order valence-corrected chi connectivity index (χ2v) is 5.13. The minimum Gasteiger partial charge on any atom is -0.508 e. The zero-order valence-electron chi connectivity index (χ0n) is 9.53. The second kappa shape index (κ2) is 3.85. The molecule has 0 aliphatic carbocycles. The zero-order chi connectivity index (χ0) is 12.9. The summed E-state index contributed by atoms with van der Waals surface area (Å²) in [4.78, 5) is 12.3. The van der Waals surface area contributed by atoms with Crippen molar-refractivity contribution in [2.75, 3.05) is 0 Å². The summed E-state index contributed by atoms with van der Waals surface area (Å²) >= 11 is 3.35. The topological polar surface area (TPSA) is 50.4 Å². The van der Waals surface area contributed by atoms with Crippen molar-refractivity contribution in [1.82, 2.24) is 0 Å². The molecule has 0 fully saturated rings. The monoisotopic (exact) mass is 304 g/mol. The van der Waals surface area contributed by atoms with E-state index in [1.54, 1.807) is 31.2 Å². The molecule has 4 heteroatoms. The zero-order valence-corrected chi connectivity index (χ0v) is 11.1. The Morgan fingerprint density at radius 2 is 1.94 bits per heavy atom. The fourth-order valence-corrected chi connectivity index (χ4v) is 2.42. The first-order valence-electron chi connectivity index (χ1n) is 5.42. The van der Waals surface area contributed by atoms with Crippen LogP contribution in [0.3, 0.4) is 0 Å². The molecule has 0 saturated heterocycles. The van der Waals surface area contributed by atoms with Gasteiger partial charge in [-0.1, -0.05) is 15.9 Å². The van der Waals surface area contributed by atoms with Crippen LogP contribution in [0.15, 0.2) is 44.0 Å². The van der Waals surface area contributed by atoms with Gasteiger partial charge in [0.05, 0.1) is 10.8 Å². The summed E-state index contributed by atoms with van der Waals surface area (Å²) in [6.07, 6.45) is 0. The fraction of sp³-hybridized carbons (Fsp3) is 0.0714. The maximum absolute atomic E-state index is 12.3. The molecule has 0 aliphatic rings. The molecule has 3 nitrogen and oxygen atoms in total. The van der Waals surface area contributed by atoms with Crippen LogP contribution in [0, 0.1) is 6.92 Å². The highest BCUT2D eigenvalue weighted by Gasteiger charge is 2.10. The van der Waals surface area contributed by atoms with Crippen molar-refractivity contribution in [3.8, 4) is 5.75 Å². The van der Waals surface area contributed by atoms with Gasteiger partial charge in [-0.05, 0) is 42.8 Å². The summed E-state index contributed by atoms with van der Waals surface area (Å²) in [5.74, 6) is 0.0729. The number of hydrogen-bond donors (Lipinski definition) is 1. The molecule has 0 spiro atoms. The van der Waals surface area contributed by atoms with Gasteiger partial charge in [0.15, 0.2) is 0 Å². The summed E-state index contributed by atoms with van der Waals surface area (Å²) in [7, 11) is 0. The van der Waals surface area contributed by atoms with Crippen molar-refractivity contribution >= 4 is 37.9 Å². The van der Waals surface area contributed by atoms with Gasteiger partial charge >= 0.3 is 0 Å². The van der Waals surface area contributed by atoms with E-state index in [0.717, 1.165) is 10.0 Å². The van der Waals surface area contributed by atoms with Gasteiger partial charge in [-0.3, -0.25) is 4.79 Å². The van der Waals surface area contributed by atoms with Gasteiger partial charge in [0, 0.05) is 4.47 Å². The Bertz CT molecular complexity index is 834. The molecule has 3 rings (SSSR count). The molecule has 1 aromatic heterocycles. The lowest BCUT2D eigenvalue weighted by molar-refractivity contribution is 0.475. The molecule has 18 heavy (non-hydrogen) atoms. The third kappa shape index (κ3) is 1.61. The van der Waals surface area contributed by atoms with Crippen LogP contribution in [0.1, 0.15) is 5.56 Å². The summed E-state index contributed by atoms with van der Waals surface area (Å²) < 4.78 is 6.61. The Labute approximate surface area is 111 Å². The lowest BCUT2D eigenvalue weighted by Gasteiger charge is -2.05. The van der Waals surface area contributed by atoms with Crippen LogP contribution in [-0.4, -0.2) is 5.11 Å². The molecular formula is C14H9BrO3. The normalized spacial score (nSPS) is 11.2. The predicted octanol–water partition coefficient (Wildman–Crippen LogP) is 3.72. The highest BCUT2D eigenvalue weighted by molar-refractivity contribution is 9.10. The lowest BCUT2D eigenvalue weighted by Crippen LogP contribution is -2.02. The summed E-state index contributed by atoms with van der Waals surface area (Å²) in [6, 6.07) is 8.29. The van der Waals surface area contributed by atoms with Crippen LogP contribution >= 0.6 is 15.9 Å². The third-order valence-electron chi connectivity index (χ3n) is 2.90. The Morgan fingerprint density at radius 3 is 2.72 bits per heavy atom. The summed E-state index contributed by atoms with van der Waals surface area (Å²) in [6.45, 7) is 1.80. The van der Waals surface area contributed by atoms with Gasteiger partial charge in [0.25, 0.3) is 0 Å². The minimum atomic E-state index is -0.127. The maximum Gasteiger partial charge on any atom is 0.200 e. The van der Waals surface area contributed by atoms with Crippen LogP contribution < -0.4 is 5.43 Å². The summed E-state index contributed by atoms with van der Waals surface area (Å²) in [5, 5.41) is 10.5. The number of phenolic OH excluding ortho intramolecular Hbond substituents is 1. The molecule has 0 bridgehead atoms. The van der Waals surface area contributed by atoms with Gasteiger partial charge in [-0.15, -0.1) is 0 Å². The highest BCUT2D eigenvalue weighted by atomic mass is 79.9. The van der Waals surface area contributed by atoms with Crippen LogP contribution in [0.4, 0.5) is 0 Å². The van der Waals surface area contributed by atoms with Crippen LogP contribution in [0.25, 0.3) is 21.9 Å². The minimum absolute atomic E-state index is 0.0729. The average Bonchev–Trinajstić information content (AvgIpc) is 2.31. The van der Waals surface area contributed by atoms with Crippen LogP contribution in [0.5, 0.6) is 5.75 Å². The van der Waals surface area contributed by atoms with Crippen molar-refractivity contribution in [2.45, 2.75) is 6.92 Å². The molecule has 2 aromatic carbocycles. The molecule has 0 atom stereocenters. The number of hydrogen-bond acceptors (Lipinski definition) is 3. The van der Waals surface area contributed by atoms with E-state index in [2.05, 4.69) is 15.9 Å². The smallest absolute Gasteiger partial charge is 0.200 e. The highest BCUT2D eigenvalue weighted by Crippen LogP contribution is 2.26.